The molecule has 2 aromatic carbocycles. The molecule has 0 aliphatic heterocycles. The predicted octanol–water partition coefficient (Wildman–Crippen LogP) is 3.69. The molecule has 0 aromatic heterocycles. The number of benzene rings is 2. The largest absolute Gasteiger partial charge is 0.452 e. The third-order valence-electron chi connectivity index (χ3n) is 3.30. The summed E-state index contributed by atoms with van der Waals surface area (Å²) in [5.41, 5.74) is -3.99. The molecule has 2 aromatic rings. The van der Waals surface area contributed by atoms with Gasteiger partial charge in [-0.2, -0.15) is 13.2 Å². The second-order valence-corrected chi connectivity index (χ2v) is 5.21. The van der Waals surface area contributed by atoms with Gasteiger partial charge in [0, 0.05) is 6.07 Å². The molecule has 1 amide bonds. The molecule has 0 unspecified atom stereocenters. The minimum Gasteiger partial charge on any atom is -0.452 e. The first-order chi connectivity index (χ1) is 13.0. The monoisotopic (exact) mass is 404 g/mol. The fourth-order valence-corrected chi connectivity index (χ4v) is 2.05. The molecule has 0 radical (unpaired) electrons. The van der Waals surface area contributed by atoms with Crippen molar-refractivity contribution in [3.8, 4) is 0 Å². The quantitative estimate of drug-likeness (QED) is 0.355. The zero-order chi connectivity index (χ0) is 21.1. The lowest BCUT2D eigenvalue weighted by Gasteiger charge is -2.10. The number of nitrogens with zero attached hydrogens (tertiary/aromatic N) is 1. The Labute approximate surface area is 152 Å². The molecule has 28 heavy (non-hydrogen) atoms. The highest BCUT2D eigenvalue weighted by Gasteiger charge is 2.33. The van der Waals surface area contributed by atoms with E-state index in [-0.39, 0.29) is 6.07 Å². The summed E-state index contributed by atoms with van der Waals surface area (Å²) < 4.78 is 69.2. The summed E-state index contributed by atoms with van der Waals surface area (Å²) >= 11 is 0. The molecule has 0 fully saturated rings. The summed E-state index contributed by atoms with van der Waals surface area (Å²) in [7, 11) is 0. The van der Waals surface area contributed by atoms with Crippen molar-refractivity contribution in [2.45, 2.75) is 6.18 Å². The zero-order valence-corrected chi connectivity index (χ0v) is 13.5. The van der Waals surface area contributed by atoms with Gasteiger partial charge in [0.15, 0.2) is 6.61 Å². The Kier molecular flexibility index (Phi) is 5.91. The third-order valence-corrected chi connectivity index (χ3v) is 3.30. The minimum absolute atomic E-state index is 0.219. The van der Waals surface area contributed by atoms with Gasteiger partial charge in [-0.3, -0.25) is 14.9 Å². The first-order valence-corrected chi connectivity index (χ1v) is 7.27. The molecule has 0 saturated heterocycles. The smallest absolute Gasteiger partial charge is 0.416 e. The van der Waals surface area contributed by atoms with Gasteiger partial charge in [-0.05, 0) is 24.3 Å². The summed E-state index contributed by atoms with van der Waals surface area (Å²) in [6.45, 7) is -1.09. The number of hydrogen-bond acceptors (Lipinski definition) is 5. The van der Waals surface area contributed by atoms with E-state index < -0.39 is 63.7 Å². The van der Waals surface area contributed by atoms with E-state index in [2.05, 4.69) is 4.74 Å². The maximum absolute atomic E-state index is 13.4. The lowest BCUT2D eigenvalue weighted by atomic mass is 10.1. The summed E-state index contributed by atoms with van der Waals surface area (Å²) in [5.74, 6) is -5.15. The molecule has 0 aliphatic rings. The number of anilines is 1. The van der Waals surface area contributed by atoms with E-state index in [1.165, 1.54) is 0 Å². The Morgan fingerprint density at radius 2 is 1.71 bits per heavy atom. The summed E-state index contributed by atoms with van der Waals surface area (Å²) in [5, 5.41) is 12.8. The third kappa shape index (κ3) is 4.78. The van der Waals surface area contributed by atoms with Crippen LogP contribution in [0.15, 0.2) is 36.4 Å². The van der Waals surface area contributed by atoms with Crippen LogP contribution < -0.4 is 5.32 Å². The summed E-state index contributed by atoms with van der Waals surface area (Å²) in [6.07, 6.45) is -4.84. The number of carbonyl (C=O) groups is 2. The van der Waals surface area contributed by atoms with Gasteiger partial charge in [0.1, 0.15) is 22.9 Å². The Hall–Kier alpha value is -3.57. The molecule has 2 rings (SSSR count). The number of nitrogens with one attached hydrogen (secondary N) is 1. The van der Waals surface area contributed by atoms with Crippen LogP contribution in [0.1, 0.15) is 15.9 Å². The maximum atomic E-state index is 13.4. The van der Waals surface area contributed by atoms with Crippen LogP contribution in [0.5, 0.6) is 0 Å². The van der Waals surface area contributed by atoms with Gasteiger partial charge in [0.05, 0.1) is 10.5 Å². The number of ether oxygens (including phenoxy) is 1. The maximum Gasteiger partial charge on any atom is 0.416 e. The SMILES string of the molecule is O=C(COC(=O)c1c(F)cccc1F)Nc1ccc(C(F)(F)F)cc1[N+](=O)[O-]. The van der Waals surface area contributed by atoms with Gasteiger partial charge in [0.25, 0.3) is 11.6 Å². The van der Waals surface area contributed by atoms with Gasteiger partial charge in [-0.25, -0.2) is 13.6 Å². The number of carbonyl (C=O) groups excluding carboxylic acids is 2. The van der Waals surface area contributed by atoms with Crippen molar-refractivity contribution in [1.29, 1.82) is 0 Å². The number of halogens is 5. The Bertz CT molecular complexity index is 925. The van der Waals surface area contributed by atoms with Crippen molar-refractivity contribution in [3.63, 3.8) is 0 Å². The van der Waals surface area contributed by atoms with E-state index >= 15 is 0 Å². The molecule has 0 aliphatic carbocycles. The van der Waals surface area contributed by atoms with Crippen molar-refractivity contribution >= 4 is 23.3 Å². The number of esters is 1. The Morgan fingerprint density at radius 1 is 1.11 bits per heavy atom. The highest BCUT2D eigenvalue weighted by Crippen LogP contribution is 2.34. The zero-order valence-electron chi connectivity index (χ0n) is 13.5. The average Bonchev–Trinajstić information content (AvgIpc) is 2.59. The topological polar surface area (TPSA) is 98.5 Å². The Balaban J connectivity index is 2.11. The van der Waals surface area contributed by atoms with Gasteiger partial charge in [-0.1, -0.05) is 6.07 Å². The van der Waals surface area contributed by atoms with Crippen LogP contribution in [-0.4, -0.2) is 23.4 Å². The fourth-order valence-electron chi connectivity index (χ4n) is 2.05. The van der Waals surface area contributed by atoms with E-state index in [1.807, 2.05) is 5.32 Å². The van der Waals surface area contributed by atoms with Crippen LogP contribution in [0.3, 0.4) is 0 Å². The number of rotatable bonds is 5. The molecule has 12 heteroatoms. The fraction of sp³-hybridized carbons (Fsp3) is 0.125. The lowest BCUT2D eigenvalue weighted by molar-refractivity contribution is -0.384. The summed E-state index contributed by atoms with van der Waals surface area (Å²) in [6, 6.07) is 3.94. The van der Waals surface area contributed by atoms with E-state index in [9.17, 15) is 41.7 Å². The van der Waals surface area contributed by atoms with Crippen molar-refractivity contribution < 1.29 is 41.2 Å². The van der Waals surface area contributed by atoms with Crippen LogP contribution in [0, 0.1) is 21.7 Å². The van der Waals surface area contributed by atoms with Gasteiger partial charge < -0.3 is 10.1 Å². The highest BCUT2D eigenvalue weighted by atomic mass is 19.4. The molecule has 7 nitrogen and oxygen atoms in total. The molecule has 0 heterocycles. The minimum atomic E-state index is -4.84. The highest BCUT2D eigenvalue weighted by molar-refractivity contribution is 5.97. The number of alkyl halides is 3. The van der Waals surface area contributed by atoms with Crippen LogP contribution in [-0.2, 0) is 15.7 Å². The first kappa shape index (κ1) is 20.7. The number of nitro groups is 1. The van der Waals surface area contributed by atoms with E-state index in [1.54, 1.807) is 0 Å². The van der Waals surface area contributed by atoms with Crippen LogP contribution in [0.4, 0.5) is 33.3 Å². The Morgan fingerprint density at radius 3 is 2.25 bits per heavy atom. The molecule has 0 bridgehead atoms. The normalized spacial score (nSPS) is 11.0. The lowest BCUT2D eigenvalue weighted by Crippen LogP contribution is -2.22. The second-order valence-electron chi connectivity index (χ2n) is 5.21. The first-order valence-electron chi connectivity index (χ1n) is 7.27. The van der Waals surface area contributed by atoms with Crippen molar-refractivity contribution in [2.75, 3.05) is 11.9 Å². The molecular formula is C16H9F5N2O5. The van der Waals surface area contributed by atoms with E-state index in [4.69, 9.17) is 0 Å². The van der Waals surface area contributed by atoms with Crippen LogP contribution in [0.25, 0.3) is 0 Å². The van der Waals surface area contributed by atoms with Crippen molar-refractivity contribution in [1.82, 2.24) is 0 Å². The van der Waals surface area contributed by atoms with E-state index in [0.717, 1.165) is 18.2 Å². The average molecular weight is 404 g/mol. The molecular weight excluding hydrogens is 395 g/mol. The van der Waals surface area contributed by atoms with Crippen molar-refractivity contribution in [2.24, 2.45) is 0 Å². The molecule has 0 saturated carbocycles. The summed E-state index contributed by atoms with van der Waals surface area (Å²) in [4.78, 5) is 33.2. The van der Waals surface area contributed by atoms with Gasteiger partial charge in [-0.15, -0.1) is 0 Å². The molecule has 0 spiro atoms. The van der Waals surface area contributed by atoms with Gasteiger partial charge >= 0.3 is 12.1 Å². The van der Waals surface area contributed by atoms with Crippen molar-refractivity contribution in [3.05, 3.63) is 69.3 Å². The van der Waals surface area contributed by atoms with Crippen LogP contribution in [0.2, 0.25) is 0 Å². The number of amides is 1. The van der Waals surface area contributed by atoms with E-state index in [0.29, 0.717) is 12.1 Å². The molecule has 148 valence electrons. The molecule has 0 atom stereocenters. The molecule has 1 N–H and O–H groups in total. The number of hydrogen-bond donors (Lipinski definition) is 1. The predicted molar refractivity (Wildman–Crippen MR) is 83.4 cm³/mol. The van der Waals surface area contributed by atoms with Crippen LogP contribution >= 0.6 is 0 Å². The standard InChI is InChI=1S/C16H9F5N2O5/c17-9-2-1-3-10(18)14(9)15(25)28-7-13(24)22-11-5-4-8(16(19,20)21)6-12(11)23(26)27/h1-6H,7H2,(H,22,24). The van der Waals surface area contributed by atoms with Gasteiger partial charge in [0.2, 0.25) is 0 Å². The second kappa shape index (κ2) is 7.98. The number of nitro benzene ring substituents is 1.